The number of carbonyl (C=O) groups is 4. The minimum Gasteiger partial charge on any atom is -0.625 e. The Hall–Kier alpha value is -3.49. The van der Waals surface area contributed by atoms with Gasteiger partial charge in [-0.2, -0.15) is 11.8 Å². The van der Waals surface area contributed by atoms with E-state index in [1.165, 1.54) is 23.9 Å². The number of nitrogens with two attached hydrogens (primary N) is 1. The SMILES string of the molecule is CSCC[C@@H](NC(=O)[C@@H](N)Cc1ccc(O)cc1)C(=O)NCC(=O)[N+](C)([O-])[C@@H](Cc1ccccc1)C(=O)NCCN(C)C. The summed E-state index contributed by atoms with van der Waals surface area (Å²) in [7, 11) is 4.82. The van der Waals surface area contributed by atoms with E-state index in [4.69, 9.17) is 5.73 Å². The normalized spacial score (nSPS) is 14.7. The first kappa shape index (κ1) is 35.7. The van der Waals surface area contributed by atoms with E-state index < -0.39 is 52.9 Å². The Morgan fingerprint density at radius 1 is 0.953 bits per heavy atom. The summed E-state index contributed by atoms with van der Waals surface area (Å²) in [6.07, 6.45) is 2.34. The summed E-state index contributed by atoms with van der Waals surface area (Å²) < 4.78 is -1.53. The van der Waals surface area contributed by atoms with Crippen LogP contribution >= 0.6 is 11.8 Å². The van der Waals surface area contributed by atoms with Crippen molar-refractivity contribution < 1.29 is 28.9 Å². The minimum atomic E-state index is -1.53. The molecule has 2 rings (SSSR count). The molecule has 12 nitrogen and oxygen atoms in total. The molecule has 0 fully saturated rings. The van der Waals surface area contributed by atoms with E-state index in [2.05, 4.69) is 16.0 Å². The van der Waals surface area contributed by atoms with E-state index in [1.807, 2.05) is 31.3 Å². The van der Waals surface area contributed by atoms with Gasteiger partial charge in [0, 0.05) is 19.5 Å². The second-order valence-electron chi connectivity index (χ2n) is 10.7. The van der Waals surface area contributed by atoms with Gasteiger partial charge in [0.05, 0.1) is 13.1 Å². The van der Waals surface area contributed by atoms with Gasteiger partial charge in [0.25, 0.3) is 5.91 Å². The summed E-state index contributed by atoms with van der Waals surface area (Å²) in [6.45, 7) is 0.228. The Morgan fingerprint density at radius 2 is 1.58 bits per heavy atom. The highest BCUT2D eigenvalue weighted by Gasteiger charge is 2.38. The highest BCUT2D eigenvalue weighted by Crippen LogP contribution is 2.16. The van der Waals surface area contributed by atoms with E-state index in [0.29, 0.717) is 18.8 Å². The lowest BCUT2D eigenvalue weighted by molar-refractivity contribution is -0.800. The van der Waals surface area contributed by atoms with Crippen LogP contribution in [0.15, 0.2) is 54.6 Å². The smallest absolute Gasteiger partial charge is 0.333 e. The van der Waals surface area contributed by atoms with Gasteiger partial charge in [0.1, 0.15) is 18.3 Å². The monoisotopic (exact) mass is 616 g/mol. The lowest BCUT2D eigenvalue weighted by Crippen LogP contribution is -2.62. The van der Waals surface area contributed by atoms with Gasteiger partial charge in [-0.25, -0.2) is 4.79 Å². The molecular formula is C30H44N6O6S. The van der Waals surface area contributed by atoms with Crippen LogP contribution in [0.1, 0.15) is 17.5 Å². The summed E-state index contributed by atoms with van der Waals surface area (Å²) in [5, 5.41) is 31.0. The van der Waals surface area contributed by atoms with Crippen molar-refractivity contribution >= 4 is 35.4 Å². The number of phenolic OH excluding ortho intramolecular Hbond substituents is 1. The molecule has 2 aromatic rings. The molecule has 0 saturated heterocycles. The number of hydrogen-bond donors (Lipinski definition) is 5. The van der Waals surface area contributed by atoms with Crippen molar-refractivity contribution in [2.75, 3.05) is 52.8 Å². The van der Waals surface area contributed by atoms with E-state index in [-0.39, 0.29) is 25.0 Å². The maximum atomic E-state index is 13.7. The molecule has 0 aliphatic carbocycles. The lowest BCUT2D eigenvalue weighted by Gasteiger charge is -2.41. The van der Waals surface area contributed by atoms with E-state index in [0.717, 1.165) is 18.2 Å². The van der Waals surface area contributed by atoms with Crippen molar-refractivity contribution in [3.05, 3.63) is 70.9 Å². The predicted octanol–water partition coefficient (Wildman–Crippen LogP) is 0.376. The molecule has 43 heavy (non-hydrogen) atoms. The van der Waals surface area contributed by atoms with Gasteiger partial charge in [-0.05, 0) is 62.2 Å². The molecule has 0 bridgehead atoms. The number of hydrogen-bond acceptors (Lipinski definition) is 9. The molecule has 0 aromatic heterocycles. The molecule has 13 heteroatoms. The number of quaternary nitrogens is 1. The average molecular weight is 617 g/mol. The van der Waals surface area contributed by atoms with Gasteiger partial charge in [0.2, 0.25) is 11.8 Å². The molecule has 0 spiro atoms. The molecule has 4 atom stereocenters. The Labute approximate surface area is 257 Å². The summed E-state index contributed by atoms with van der Waals surface area (Å²) in [5.74, 6) is -2.02. The van der Waals surface area contributed by atoms with Crippen molar-refractivity contribution in [2.24, 2.45) is 5.73 Å². The van der Waals surface area contributed by atoms with E-state index in [1.54, 1.807) is 36.4 Å². The number of hydroxylamine groups is 3. The number of phenols is 1. The average Bonchev–Trinajstić information content (AvgIpc) is 2.97. The molecule has 0 radical (unpaired) electrons. The Balaban J connectivity index is 2.08. The van der Waals surface area contributed by atoms with Crippen LogP contribution in [-0.2, 0) is 32.0 Å². The predicted molar refractivity (Wildman–Crippen MR) is 168 cm³/mol. The van der Waals surface area contributed by atoms with Crippen molar-refractivity contribution in [1.82, 2.24) is 20.9 Å². The van der Waals surface area contributed by atoms with Crippen LogP contribution in [0.3, 0.4) is 0 Å². The zero-order chi connectivity index (χ0) is 32.0. The molecule has 6 N–H and O–H groups in total. The van der Waals surface area contributed by atoms with E-state index >= 15 is 0 Å². The molecular weight excluding hydrogens is 572 g/mol. The highest BCUT2D eigenvalue weighted by molar-refractivity contribution is 7.98. The molecule has 0 heterocycles. The van der Waals surface area contributed by atoms with Crippen LogP contribution in [-0.4, -0.2) is 109 Å². The van der Waals surface area contributed by atoms with Crippen molar-refractivity contribution in [3.8, 4) is 5.75 Å². The van der Waals surface area contributed by atoms with Crippen molar-refractivity contribution in [2.45, 2.75) is 37.4 Å². The molecule has 236 valence electrons. The molecule has 4 amide bonds. The standard InChI is InChI=1S/C30H44N6O6S/c1-35(2)16-15-32-30(41)26(19-21-8-6-5-7-9-21)36(3,42)27(38)20-33-29(40)25(14-17-43-4)34-28(39)24(31)18-22-10-12-23(37)13-11-22/h5-13,24-26,37H,14-20,31H2,1-4H3,(H,32,41)(H,33,40)(H,34,39)/t24-,25+,26-,36?/m0/s1. The number of aromatic hydroxyl groups is 1. The van der Waals surface area contributed by atoms with Gasteiger partial charge in [0.15, 0.2) is 6.04 Å². The van der Waals surface area contributed by atoms with Gasteiger partial charge in [-0.1, -0.05) is 42.5 Å². The number of nitrogens with zero attached hydrogens (tertiary/aromatic N) is 2. The number of thioether (sulfide) groups is 1. The quantitative estimate of drug-likeness (QED) is 0.124. The summed E-state index contributed by atoms with van der Waals surface area (Å²) in [6, 6.07) is 12.0. The first-order valence-corrected chi connectivity index (χ1v) is 15.4. The maximum Gasteiger partial charge on any atom is 0.333 e. The van der Waals surface area contributed by atoms with Crippen LogP contribution in [0.2, 0.25) is 0 Å². The van der Waals surface area contributed by atoms with Crippen LogP contribution < -0.4 is 21.7 Å². The number of rotatable bonds is 17. The Bertz CT molecular complexity index is 1200. The van der Waals surface area contributed by atoms with Gasteiger partial charge < -0.3 is 36.9 Å². The molecule has 2 aromatic carbocycles. The fraction of sp³-hybridized carbons (Fsp3) is 0.467. The Morgan fingerprint density at radius 3 is 2.19 bits per heavy atom. The van der Waals surface area contributed by atoms with Crippen LogP contribution in [0, 0.1) is 5.21 Å². The largest absolute Gasteiger partial charge is 0.625 e. The number of carbonyl (C=O) groups excluding carboxylic acids is 4. The minimum absolute atomic E-state index is 0.0274. The fourth-order valence-electron chi connectivity index (χ4n) is 4.23. The topological polar surface area (TPSA) is 177 Å². The third kappa shape index (κ3) is 12.0. The lowest BCUT2D eigenvalue weighted by atomic mass is 10.0. The molecule has 0 saturated carbocycles. The van der Waals surface area contributed by atoms with Gasteiger partial charge in [-0.15, -0.1) is 0 Å². The molecule has 1 unspecified atom stereocenters. The first-order chi connectivity index (χ1) is 20.3. The van der Waals surface area contributed by atoms with Gasteiger partial charge in [-0.3, -0.25) is 19.0 Å². The third-order valence-corrected chi connectivity index (χ3v) is 7.55. The van der Waals surface area contributed by atoms with Crippen LogP contribution in [0.5, 0.6) is 5.75 Å². The number of benzene rings is 2. The van der Waals surface area contributed by atoms with Gasteiger partial charge >= 0.3 is 5.91 Å². The second kappa shape index (κ2) is 17.6. The summed E-state index contributed by atoms with van der Waals surface area (Å²) in [5.41, 5.74) is 7.52. The maximum absolute atomic E-state index is 13.7. The van der Waals surface area contributed by atoms with Crippen molar-refractivity contribution in [1.29, 1.82) is 0 Å². The highest BCUT2D eigenvalue weighted by atomic mass is 32.2. The van der Waals surface area contributed by atoms with Crippen LogP contribution in [0.4, 0.5) is 0 Å². The second-order valence-corrected chi connectivity index (χ2v) is 11.7. The zero-order valence-corrected chi connectivity index (χ0v) is 26.1. The van der Waals surface area contributed by atoms with E-state index in [9.17, 15) is 29.5 Å². The fourth-order valence-corrected chi connectivity index (χ4v) is 4.70. The zero-order valence-electron chi connectivity index (χ0n) is 25.2. The molecule has 0 aliphatic heterocycles. The molecule has 0 aliphatic rings. The third-order valence-electron chi connectivity index (χ3n) is 6.91. The summed E-state index contributed by atoms with van der Waals surface area (Å²) in [4.78, 5) is 54.1. The Kier molecular flexibility index (Phi) is 14.6. The van der Waals surface area contributed by atoms with Crippen molar-refractivity contribution in [3.63, 3.8) is 0 Å². The number of nitrogens with one attached hydrogen (secondary N) is 3. The number of amides is 4. The summed E-state index contributed by atoms with van der Waals surface area (Å²) >= 11 is 1.48. The number of likely N-dealkylation sites (N-methyl/N-ethyl adjacent to an activating group) is 2. The first-order valence-electron chi connectivity index (χ1n) is 14.0. The van der Waals surface area contributed by atoms with Crippen LogP contribution in [0.25, 0.3) is 0 Å².